The average Bonchev–Trinajstić information content (AvgIpc) is 3.19. The van der Waals surface area contributed by atoms with Crippen LogP contribution in [0.3, 0.4) is 0 Å². The van der Waals surface area contributed by atoms with Crippen LogP contribution in [0.25, 0.3) is 11.6 Å². The zero-order valence-electron chi connectivity index (χ0n) is 14.3. The Hall–Kier alpha value is -3.41. The predicted octanol–water partition coefficient (Wildman–Crippen LogP) is 4.74. The summed E-state index contributed by atoms with van der Waals surface area (Å²) in [5.41, 5.74) is 1.87. The molecule has 0 saturated carbocycles. The van der Waals surface area contributed by atoms with Crippen LogP contribution in [0.4, 0.5) is 8.78 Å². The Bertz CT molecular complexity index is 889. The molecule has 0 aliphatic heterocycles. The standard InChI is InChI=1S/C21H17F2NO3/c22-21(23)27-17-10-8-15(9-11-17)13-19(16-5-2-1-3-6-16)20(25)24-14-18-7-4-12-26-18/h1-13,21H,14H2,(H,24,25)/b19-13-. The molecule has 0 atom stereocenters. The minimum absolute atomic E-state index is 0.0608. The summed E-state index contributed by atoms with van der Waals surface area (Å²) in [6, 6.07) is 18.8. The van der Waals surface area contributed by atoms with E-state index < -0.39 is 6.61 Å². The van der Waals surface area contributed by atoms with Gasteiger partial charge in [0.05, 0.1) is 12.8 Å². The van der Waals surface area contributed by atoms with Gasteiger partial charge >= 0.3 is 6.61 Å². The molecule has 6 heteroatoms. The summed E-state index contributed by atoms with van der Waals surface area (Å²) in [4.78, 5) is 12.7. The van der Waals surface area contributed by atoms with Crippen molar-refractivity contribution in [2.45, 2.75) is 13.2 Å². The summed E-state index contributed by atoms with van der Waals surface area (Å²) >= 11 is 0. The summed E-state index contributed by atoms with van der Waals surface area (Å²) in [7, 11) is 0. The van der Waals surface area contributed by atoms with Crippen molar-refractivity contribution in [3.63, 3.8) is 0 Å². The normalized spacial score (nSPS) is 11.4. The number of rotatable bonds is 7. The van der Waals surface area contributed by atoms with Gasteiger partial charge in [-0.05, 0) is 41.5 Å². The highest BCUT2D eigenvalue weighted by atomic mass is 19.3. The van der Waals surface area contributed by atoms with E-state index in [1.807, 2.05) is 30.3 Å². The van der Waals surface area contributed by atoms with E-state index in [2.05, 4.69) is 10.1 Å². The number of ether oxygens (including phenoxy) is 1. The molecule has 0 unspecified atom stereocenters. The molecule has 0 aliphatic carbocycles. The zero-order valence-corrected chi connectivity index (χ0v) is 14.3. The van der Waals surface area contributed by atoms with Crippen LogP contribution in [-0.2, 0) is 11.3 Å². The minimum atomic E-state index is -2.88. The third-order valence-corrected chi connectivity index (χ3v) is 3.75. The maximum absolute atomic E-state index is 12.7. The van der Waals surface area contributed by atoms with Gasteiger partial charge in [0.15, 0.2) is 0 Å². The topological polar surface area (TPSA) is 51.5 Å². The lowest BCUT2D eigenvalue weighted by Crippen LogP contribution is -2.23. The van der Waals surface area contributed by atoms with E-state index in [-0.39, 0.29) is 18.2 Å². The van der Waals surface area contributed by atoms with Gasteiger partial charge in [-0.3, -0.25) is 4.79 Å². The number of halogens is 2. The first-order valence-electron chi connectivity index (χ1n) is 8.24. The van der Waals surface area contributed by atoms with Gasteiger partial charge in [-0.2, -0.15) is 8.78 Å². The Morgan fingerprint density at radius 3 is 2.41 bits per heavy atom. The Balaban J connectivity index is 1.83. The molecular formula is C21H17F2NO3. The molecule has 0 bridgehead atoms. The second-order valence-corrected chi connectivity index (χ2v) is 5.63. The third kappa shape index (κ3) is 5.28. The third-order valence-electron chi connectivity index (χ3n) is 3.75. The fourth-order valence-corrected chi connectivity index (χ4v) is 2.49. The average molecular weight is 369 g/mol. The van der Waals surface area contributed by atoms with Crippen molar-refractivity contribution in [3.8, 4) is 5.75 Å². The number of hydrogen-bond acceptors (Lipinski definition) is 3. The summed E-state index contributed by atoms with van der Waals surface area (Å²) < 4.78 is 34.1. The van der Waals surface area contributed by atoms with E-state index in [1.165, 1.54) is 12.1 Å². The molecule has 0 spiro atoms. The van der Waals surface area contributed by atoms with Gasteiger partial charge in [-0.1, -0.05) is 42.5 Å². The predicted molar refractivity (Wildman–Crippen MR) is 97.9 cm³/mol. The first-order chi connectivity index (χ1) is 13.1. The summed E-state index contributed by atoms with van der Waals surface area (Å²) in [6.45, 7) is -2.62. The van der Waals surface area contributed by atoms with E-state index in [9.17, 15) is 13.6 Å². The van der Waals surface area contributed by atoms with Gasteiger partial charge in [-0.25, -0.2) is 0 Å². The van der Waals surface area contributed by atoms with Crippen LogP contribution >= 0.6 is 0 Å². The van der Waals surface area contributed by atoms with Crippen LogP contribution in [0.1, 0.15) is 16.9 Å². The van der Waals surface area contributed by atoms with E-state index in [0.29, 0.717) is 16.9 Å². The number of hydrogen-bond donors (Lipinski definition) is 1. The molecule has 1 heterocycles. The van der Waals surface area contributed by atoms with Crippen LogP contribution in [0.5, 0.6) is 5.75 Å². The molecule has 1 amide bonds. The van der Waals surface area contributed by atoms with Crippen LogP contribution < -0.4 is 10.1 Å². The van der Waals surface area contributed by atoms with E-state index in [4.69, 9.17) is 4.42 Å². The van der Waals surface area contributed by atoms with Crippen molar-refractivity contribution in [2.75, 3.05) is 0 Å². The van der Waals surface area contributed by atoms with E-state index in [0.717, 1.165) is 5.56 Å². The van der Waals surface area contributed by atoms with Gasteiger partial charge in [0, 0.05) is 5.57 Å². The van der Waals surface area contributed by atoms with Gasteiger partial charge in [0.25, 0.3) is 5.91 Å². The lowest BCUT2D eigenvalue weighted by molar-refractivity contribution is -0.115. The maximum Gasteiger partial charge on any atom is 0.387 e. The Morgan fingerprint density at radius 1 is 1.04 bits per heavy atom. The molecule has 3 rings (SSSR count). The fourth-order valence-electron chi connectivity index (χ4n) is 2.49. The van der Waals surface area contributed by atoms with Crippen LogP contribution in [0, 0.1) is 0 Å². The van der Waals surface area contributed by atoms with Crippen molar-refractivity contribution in [1.82, 2.24) is 5.32 Å². The van der Waals surface area contributed by atoms with Gasteiger partial charge in [0.1, 0.15) is 11.5 Å². The fraction of sp³-hybridized carbons (Fsp3) is 0.0952. The lowest BCUT2D eigenvalue weighted by Gasteiger charge is -2.09. The van der Waals surface area contributed by atoms with Gasteiger partial charge in [0.2, 0.25) is 0 Å². The second kappa shape index (κ2) is 8.80. The number of carbonyl (C=O) groups excluding carboxylic acids is 1. The Morgan fingerprint density at radius 2 is 1.78 bits per heavy atom. The van der Waals surface area contributed by atoms with Crippen LogP contribution in [0.15, 0.2) is 77.4 Å². The molecule has 2 aromatic carbocycles. The maximum atomic E-state index is 12.7. The SMILES string of the molecule is O=C(NCc1ccco1)/C(=C\c1ccc(OC(F)F)cc1)c1ccccc1. The van der Waals surface area contributed by atoms with Crippen molar-refractivity contribution in [2.24, 2.45) is 0 Å². The molecule has 138 valence electrons. The van der Waals surface area contributed by atoms with Crippen molar-refractivity contribution in [3.05, 3.63) is 89.9 Å². The first-order valence-corrected chi connectivity index (χ1v) is 8.24. The van der Waals surface area contributed by atoms with Crippen molar-refractivity contribution in [1.29, 1.82) is 0 Å². The smallest absolute Gasteiger partial charge is 0.387 e. The van der Waals surface area contributed by atoms with Gasteiger partial charge < -0.3 is 14.5 Å². The molecule has 0 radical (unpaired) electrons. The Kier molecular flexibility index (Phi) is 5.99. The highest BCUT2D eigenvalue weighted by Crippen LogP contribution is 2.21. The molecular weight excluding hydrogens is 352 g/mol. The molecule has 27 heavy (non-hydrogen) atoms. The molecule has 0 fully saturated rings. The monoisotopic (exact) mass is 369 g/mol. The van der Waals surface area contributed by atoms with Crippen LogP contribution in [-0.4, -0.2) is 12.5 Å². The van der Waals surface area contributed by atoms with Crippen LogP contribution in [0.2, 0.25) is 0 Å². The highest BCUT2D eigenvalue weighted by molar-refractivity contribution is 6.24. The first kappa shape index (κ1) is 18.4. The number of amides is 1. The van der Waals surface area contributed by atoms with Gasteiger partial charge in [-0.15, -0.1) is 0 Å². The molecule has 0 aliphatic rings. The number of nitrogens with one attached hydrogen (secondary N) is 1. The Labute approximate surface area is 155 Å². The highest BCUT2D eigenvalue weighted by Gasteiger charge is 2.13. The molecule has 1 aromatic heterocycles. The molecule has 4 nitrogen and oxygen atoms in total. The minimum Gasteiger partial charge on any atom is -0.467 e. The largest absolute Gasteiger partial charge is 0.467 e. The quantitative estimate of drug-likeness (QED) is 0.484. The summed E-state index contributed by atoms with van der Waals surface area (Å²) in [6.07, 6.45) is 3.23. The summed E-state index contributed by atoms with van der Waals surface area (Å²) in [5, 5.41) is 2.82. The zero-order chi connectivity index (χ0) is 19.1. The molecule has 1 N–H and O–H groups in total. The number of benzene rings is 2. The second-order valence-electron chi connectivity index (χ2n) is 5.63. The van der Waals surface area contributed by atoms with E-state index in [1.54, 1.807) is 36.6 Å². The molecule has 3 aromatic rings. The number of carbonyl (C=O) groups is 1. The lowest BCUT2D eigenvalue weighted by atomic mass is 10.0. The van der Waals surface area contributed by atoms with Crippen molar-refractivity contribution < 1.29 is 22.7 Å². The van der Waals surface area contributed by atoms with Crippen molar-refractivity contribution >= 4 is 17.6 Å². The molecule has 0 saturated heterocycles. The summed E-state index contributed by atoms with van der Waals surface area (Å²) in [5.74, 6) is 0.431. The number of furan rings is 1. The van der Waals surface area contributed by atoms with E-state index >= 15 is 0 Å². The number of alkyl halides is 2.